The highest BCUT2D eigenvalue weighted by Gasteiger charge is 2.40. The molecule has 3 heterocycles. The van der Waals surface area contributed by atoms with E-state index in [-0.39, 0.29) is 0 Å². The third kappa shape index (κ3) is 2.54. The van der Waals surface area contributed by atoms with Gasteiger partial charge in [0.25, 0.3) is 0 Å². The van der Waals surface area contributed by atoms with Crippen molar-refractivity contribution >= 4 is 5.69 Å². The summed E-state index contributed by atoms with van der Waals surface area (Å²) < 4.78 is 5.13. The van der Waals surface area contributed by atoms with Crippen molar-refractivity contribution in [3.05, 3.63) is 18.3 Å². The van der Waals surface area contributed by atoms with E-state index in [1.54, 1.807) is 7.11 Å². The Bertz CT molecular complexity index is 430. The molecule has 1 spiro atoms. The molecule has 104 valence electrons. The lowest BCUT2D eigenvalue weighted by molar-refractivity contribution is 0.234. The first-order chi connectivity index (χ1) is 9.21. The maximum Gasteiger partial charge on any atom is 0.213 e. The fraction of sp³-hybridized carbons (Fsp3) is 0.667. The average molecular weight is 261 g/mol. The molecule has 0 aliphatic carbocycles. The van der Waals surface area contributed by atoms with Crippen LogP contribution in [0.5, 0.6) is 5.88 Å². The van der Waals surface area contributed by atoms with Crippen molar-refractivity contribution < 1.29 is 4.74 Å². The van der Waals surface area contributed by atoms with Crippen molar-refractivity contribution in [2.24, 2.45) is 5.41 Å². The van der Waals surface area contributed by atoms with Crippen LogP contribution in [0.15, 0.2) is 18.3 Å². The molecule has 0 amide bonds. The second-order valence-corrected chi connectivity index (χ2v) is 6.07. The smallest absolute Gasteiger partial charge is 0.213 e. The van der Waals surface area contributed by atoms with Crippen LogP contribution < -0.4 is 9.64 Å². The number of methoxy groups -OCH3 is 1. The van der Waals surface area contributed by atoms with Crippen molar-refractivity contribution in [1.82, 2.24) is 9.88 Å². The number of aromatic nitrogens is 1. The molecule has 3 rings (SSSR count). The fourth-order valence-corrected chi connectivity index (χ4v) is 3.60. The first-order valence-electron chi connectivity index (χ1n) is 7.14. The minimum atomic E-state index is 0.507. The summed E-state index contributed by atoms with van der Waals surface area (Å²) in [7, 11) is 3.90. The molecule has 4 nitrogen and oxygen atoms in total. The summed E-state index contributed by atoms with van der Waals surface area (Å²) in [5, 5.41) is 0. The Morgan fingerprint density at radius 1 is 1.21 bits per heavy atom. The number of anilines is 1. The number of piperidine rings is 1. The lowest BCUT2D eigenvalue weighted by Crippen LogP contribution is -2.44. The molecule has 1 aromatic heterocycles. The summed E-state index contributed by atoms with van der Waals surface area (Å²) in [6.45, 7) is 4.81. The van der Waals surface area contributed by atoms with Gasteiger partial charge >= 0.3 is 0 Å². The molecule has 2 aliphatic rings. The van der Waals surface area contributed by atoms with Gasteiger partial charge in [0.05, 0.1) is 19.0 Å². The lowest BCUT2D eigenvalue weighted by Gasteiger charge is -2.41. The van der Waals surface area contributed by atoms with Crippen LogP contribution in [0.1, 0.15) is 19.3 Å². The maximum atomic E-state index is 5.13. The molecule has 0 saturated carbocycles. The standard InChI is InChI=1S/C15H23N3O/c1-17-9-7-15(11-17)6-3-8-18(12-15)13-4-5-14(19-2)16-10-13/h4-5,10H,3,6-9,11-12H2,1-2H3. The van der Waals surface area contributed by atoms with Gasteiger partial charge in [-0.05, 0) is 38.9 Å². The van der Waals surface area contributed by atoms with Crippen molar-refractivity contribution in [1.29, 1.82) is 0 Å². The van der Waals surface area contributed by atoms with Crippen LogP contribution in [-0.2, 0) is 0 Å². The highest BCUT2D eigenvalue weighted by Crippen LogP contribution is 2.39. The summed E-state index contributed by atoms with van der Waals surface area (Å²) in [6, 6.07) is 4.08. The molecule has 0 N–H and O–H groups in total. The Morgan fingerprint density at radius 2 is 2.11 bits per heavy atom. The van der Waals surface area contributed by atoms with Gasteiger partial charge in [-0.2, -0.15) is 0 Å². The average Bonchev–Trinajstić information content (AvgIpc) is 2.79. The van der Waals surface area contributed by atoms with Gasteiger partial charge in [0.1, 0.15) is 0 Å². The van der Waals surface area contributed by atoms with Crippen LogP contribution in [0.25, 0.3) is 0 Å². The van der Waals surface area contributed by atoms with E-state index in [0.717, 1.165) is 6.54 Å². The normalized spacial score (nSPS) is 28.0. The summed E-state index contributed by atoms with van der Waals surface area (Å²) in [5.41, 5.74) is 1.74. The quantitative estimate of drug-likeness (QED) is 0.814. The van der Waals surface area contributed by atoms with E-state index < -0.39 is 0 Å². The van der Waals surface area contributed by atoms with Crippen LogP contribution in [0.4, 0.5) is 5.69 Å². The molecular formula is C15H23N3O. The van der Waals surface area contributed by atoms with Gasteiger partial charge in [-0.3, -0.25) is 0 Å². The number of ether oxygens (including phenoxy) is 1. The van der Waals surface area contributed by atoms with E-state index in [9.17, 15) is 0 Å². The van der Waals surface area contributed by atoms with Crippen molar-refractivity contribution in [2.75, 3.05) is 45.2 Å². The maximum absolute atomic E-state index is 5.13. The Morgan fingerprint density at radius 3 is 2.74 bits per heavy atom. The molecular weight excluding hydrogens is 238 g/mol. The van der Waals surface area contributed by atoms with Crippen molar-refractivity contribution in [3.63, 3.8) is 0 Å². The highest BCUT2D eigenvalue weighted by atomic mass is 16.5. The molecule has 19 heavy (non-hydrogen) atoms. The molecule has 4 heteroatoms. The Kier molecular flexibility index (Phi) is 3.35. The van der Waals surface area contributed by atoms with E-state index in [1.807, 2.05) is 12.3 Å². The monoisotopic (exact) mass is 261 g/mol. The first kappa shape index (κ1) is 12.7. The largest absolute Gasteiger partial charge is 0.481 e. The number of hydrogen-bond donors (Lipinski definition) is 0. The van der Waals surface area contributed by atoms with Crippen LogP contribution >= 0.6 is 0 Å². The molecule has 1 atom stereocenters. The molecule has 2 saturated heterocycles. The zero-order valence-electron chi connectivity index (χ0n) is 11.9. The fourth-order valence-electron chi connectivity index (χ4n) is 3.60. The predicted molar refractivity (Wildman–Crippen MR) is 76.8 cm³/mol. The molecule has 0 aromatic carbocycles. The first-order valence-corrected chi connectivity index (χ1v) is 7.14. The Balaban J connectivity index is 1.74. The van der Waals surface area contributed by atoms with Gasteiger partial charge in [0, 0.05) is 31.1 Å². The van der Waals surface area contributed by atoms with E-state index >= 15 is 0 Å². The lowest BCUT2D eigenvalue weighted by atomic mass is 9.79. The zero-order valence-corrected chi connectivity index (χ0v) is 11.9. The third-order valence-corrected chi connectivity index (χ3v) is 4.59. The molecule has 0 radical (unpaired) electrons. The highest BCUT2D eigenvalue weighted by molar-refractivity contribution is 5.46. The van der Waals surface area contributed by atoms with Gasteiger partial charge in [0.15, 0.2) is 0 Å². The minimum absolute atomic E-state index is 0.507. The van der Waals surface area contributed by atoms with Gasteiger partial charge in [-0.25, -0.2) is 4.98 Å². The third-order valence-electron chi connectivity index (χ3n) is 4.59. The van der Waals surface area contributed by atoms with Gasteiger partial charge in [-0.15, -0.1) is 0 Å². The topological polar surface area (TPSA) is 28.6 Å². The summed E-state index contributed by atoms with van der Waals surface area (Å²) in [5.74, 6) is 0.691. The van der Waals surface area contributed by atoms with Crippen molar-refractivity contribution in [3.8, 4) is 5.88 Å². The number of pyridine rings is 1. The van der Waals surface area contributed by atoms with Crippen LogP contribution in [0, 0.1) is 5.41 Å². The summed E-state index contributed by atoms with van der Waals surface area (Å²) in [4.78, 5) is 9.29. The van der Waals surface area contributed by atoms with Gasteiger partial charge in [0.2, 0.25) is 5.88 Å². The van der Waals surface area contributed by atoms with Crippen molar-refractivity contribution in [2.45, 2.75) is 19.3 Å². The minimum Gasteiger partial charge on any atom is -0.481 e. The number of rotatable bonds is 2. The molecule has 2 aliphatic heterocycles. The van der Waals surface area contributed by atoms with Gasteiger partial charge in [-0.1, -0.05) is 0 Å². The zero-order chi connectivity index (χ0) is 13.3. The second-order valence-electron chi connectivity index (χ2n) is 6.07. The molecule has 2 fully saturated rings. The Hall–Kier alpha value is -1.29. The SMILES string of the molecule is COc1ccc(N2CCCC3(CCN(C)C3)C2)cn1. The summed E-state index contributed by atoms with van der Waals surface area (Å²) in [6.07, 6.45) is 5.94. The Labute approximate surface area is 115 Å². The van der Waals surface area contributed by atoms with Crippen LogP contribution in [-0.4, -0.2) is 50.2 Å². The summed E-state index contributed by atoms with van der Waals surface area (Å²) >= 11 is 0. The van der Waals surface area contributed by atoms with Crippen LogP contribution in [0.3, 0.4) is 0 Å². The number of nitrogens with zero attached hydrogens (tertiary/aromatic N) is 3. The van der Waals surface area contributed by atoms with Gasteiger partial charge < -0.3 is 14.5 Å². The van der Waals surface area contributed by atoms with E-state index in [0.29, 0.717) is 11.3 Å². The van der Waals surface area contributed by atoms with E-state index in [1.165, 1.54) is 44.6 Å². The molecule has 1 aromatic rings. The second kappa shape index (κ2) is 5.00. The predicted octanol–water partition coefficient (Wildman–Crippen LogP) is 2.01. The number of likely N-dealkylation sites (tertiary alicyclic amines) is 1. The van der Waals surface area contributed by atoms with Crippen LogP contribution in [0.2, 0.25) is 0 Å². The van der Waals surface area contributed by atoms with E-state index in [2.05, 4.69) is 27.9 Å². The molecule has 1 unspecified atom stereocenters. The number of hydrogen-bond acceptors (Lipinski definition) is 4. The molecule has 0 bridgehead atoms. The van der Waals surface area contributed by atoms with E-state index in [4.69, 9.17) is 4.74 Å².